The van der Waals surface area contributed by atoms with Crippen LogP contribution < -0.4 is 15.6 Å². The average Bonchev–Trinajstić information content (AvgIpc) is 2.93. The second kappa shape index (κ2) is 11.1. The number of aliphatic hydroxyl groups is 1. The summed E-state index contributed by atoms with van der Waals surface area (Å²) >= 11 is 0. The van der Waals surface area contributed by atoms with Crippen molar-refractivity contribution in [2.24, 2.45) is 0 Å². The normalized spacial score (nSPS) is 16.4. The molecule has 2 aromatic heterocycles. The van der Waals surface area contributed by atoms with E-state index in [1.165, 1.54) is 11.4 Å². The first-order chi connectivity index (χ1) is 20.3. The molecule has 2 atom stereocenters. The Kier molecular flexibility index (Phi) is 7.69. The number of nitrogens with zero attached hydrogens (tertiary/aromatic N) is 3. The first-order valence-corrected chi connectivity index (χ1v) is 12.6. The zero-order valence-electron chi connectivity index (χ0n) is 21.6. The SMILES string of the molecule is O=C(NC(c1c(F)cccc1F)C(F)(F)F)c1cn(-c2ccc(F)cc2F)c2nc(N3CCCC(O)C3=O)ccc2c1=O. The van der Waals surface area contributed by atoms with Crippen LogP contribution in [0, 0.1) is 23.3 Å². The smallest absolute Gasteiger partial charge is 0.383 e. The topological polar surface area (TPSA) is 105 Å². The van der Waals surface area contributed by atoms with Gasteiger partial charge in [-0.2, -0.15) is 13.2 Å². The van der Waals surface area contributed by atoms with E-state index in [4.69, 9.17) is 0 Å². The van der Waals surface area contributed by atoms with Crippen LogP contribution in [0.25, 0.3) is 16.7 Å². The number of benzene rings is 2. The molecule has 1 fully saturated rings. The minimum absolute atomic E-state index is 0.0729. The van der Waals surface area contributed by atoms with E-state index in [0.29, 0.717) is 30.8 Å². The molecule has 0 aliphatic carbocycles. The van der Waals surface area contributed by atoms with Crippen molar-refractivity contribution >= 4 is 28.7 Å². The summed E-state index contributed by atoms with van der Waals surface area (Å²) < 4.78 is 99.8. The molecule has 2 N–H and O–H groups in total. The molecule has 1 saturated heterocycles. The zero-order valence-corrected chi connectivity index (χ0v) is 21.6. The number of carbonyl (C=O) groups excluding carboxylic acids is 2. The van der Waals surface area contributed by atoms with Gasteiger partial charge >= 0.3 is 6.18 Å². The van der Waals surface area contributed by atoms with Crippen molar-refractivity contribution in [3.05, 3.63) is 99.3 Å². The van der Waals surface area contributed by atoms with E-state index in [1.807, 2.05) is 0 Å². The van der Waals surface area contributed by atoms with Crippen LogP contribution in [0.4, 0.5) is 36.6 Å². The monoisotopic (exact) mass is 608 g/mol. The van der Waals surface area contributed by atoms with Crippen LogP contribution in [-0.2, 0) is 4.79 Å². The molecule has 1 aliphatic heterocycles. The van der Waals surface area contributed by atoms with E-state index in [0.717, 1.165) is 33.7 Å². The second-order valence-electron chi connectivity index (χ2n) is 9.61. The molecular weight excluding hydrogens is 589 g/mol. The average molecular weight is 608 g/mol. The molecule has 3 heterocycles. The summed E-state index contributed by atoms with van der Waals surface area (Å²) in [6.45, 7) is 0.134. The van der Waals surface area contributed by atoms with Gasteiger partial charge in [0, 0.05) is 18.8 Å². The van der Waals surface area contributed by atoms with Crippen LogP contribution in [0.2, 0.25) is 0 Å². The van der Waals surface area contributed by atoms with Crippen molar-refractivity contribution in [1.82, 2.24) is 14.9 Å². The lowest BCUT2D eigenvalue weighted by Crippen LogP contribution is -2.44. The molecule has 0 radical (unpaired) electrons. The number of alkyl halides is 3. The largest absolute Gasteiger partial charge is 0.413 e. The lowest BCUT2D eigenvalue weighted by Gasteiger charge is -2.29. The van der Waals surface area contributed by atoms with E-state index in [2.05, 4.69) is 4.98 Å². The zero-order chi connectivity index (χ0) is 31.2. The molecule has 2 unspecified atom stereocenters. The minimum Gasteiger partial charge on any atom is -0.383 e. The third-order valence-electron chi connectivity index (χ3n) is 6.83. The summed E-state index contributed by atoms with van der Waals surface area (Å²) in [5.74, 6) is -7.92. The first-order valence-electron chi connectivity index (χ1n) is 12.6. The van der Waals surface area contributed by atoms with Gasteiger partial charge in [-0.3, -0.25) is 23.9 Å². The number of hydrogen-bond donors (Lipinski definition) is 2. The summed E-state index contributed by atoms with van der Waals surface area (Å²) in [7, 11) is 0. The van der Waals surface area contributed by atoms with Crippen molar-refractivity contribution < 1.29 is 45.4 Å². The van der Waals surface area contributed by atoms with Gasteiger partial charge in [-0.25, -0.2) is 22.5 Å². The molecule has 2 aromatic carbocycles. The van der Waals surface area contributed by atoms with Crippen LogP contribution in [0.3, 0.4) is 0 Å². The number of aliphatic hydroxyl groups excluding tert-OH is 1. The molecule has 1 aliphatic rings. The third kappa shape index (κ3) is 5.55. The summed E-state index contributed by atoms with van der Waals surface area (Å²) in [6, 6.07) is 3.18. The Morgan fingerprint density at radius 3 is 2.35 bits per heavy atom. The fourth-order valence-electron chi connectivity index (χ4n) is 4.76. The van der Waals surface area contributed by atoms with Crippen LogP contribution >= 0.6 is 0 Å². The van der Waals surface area contributed by atoms with Crippen LogP contribution in [0.1, 0.15) is 34.8 Å². The molecule has 0 saturated carbocycles. The quantitative estimate of drug-likeness (QED) is 0.326. The van der Waals surface area contributed by atoms with Gasteiger partial charge in [0.25, 0.3) is 11.8 Å². The van der Waals surface area contributed by atoms with Crippen molar-refractivity contribution in [2.45, 2.75) is 31.2 Å². The lowest BCUT2D eigenvalue weighted by molar-refractivity contribution is -0.156. The summed E-state index contributed by atoms with van der Waals surface area (Å²) in [5, 5.41) is 11.0. The van der Waals surface area contributed by atoms with Crippen molar-refractivity contribution in [3.63, 3.8) is 0 Å². The Hall–Kier alpha value is -4.79. The van der Waals surface area contributed by atoms with Crippen LogP contribution in [-0.4, -0.2) is 45.3 Å². The first kappa shape index (κ1) is 29.7. The van der Waals surface area contributed by atoms with Gasteiger partial charge in [-0.1, -0.05) is 6.07 Å². The number of fused-ring (bicyclic) bond motifs is 1. The van der Waals surface area contributed by atoms with Crippen molar-refractivity contribution in [1.29, 1.82) is 0 Å². The molecule has 43 heavy (non-hydrogen) atoms. The molecule has 4 aromatic rings. The number of piperidine rings is 1. The minimum atomic E-state index is -5.42. The third-order valence-corrected chi connectivity index (χ3v) is 6.83. The van der Waals surface area contributed by atoms with Gasteiger partial charge in [0.15, 0.2) is 11.7 Å². The van der Waals surface area contributed by atoms with Crippen molar-refractivity contribution in [3.8, 4) is 5.69 Å². The number of amides is 2. The van der Waals surface area contributed by atoms with Crippen LogP contribution in [0.5, 0.6) is 0 Å². The fraction of sp³-hybridized carbons (Fsp3) is 0.214. The Morgan fingerprint density at radius 1 is 1.00 bits per heavy atom. The number of rotatable bonds is 5. The Balaban J connectivity index is 1.69. The molecule has 0 spiro atoms. The fourth-order valence-corrected chi connectivity index (χ4v) is 4.76. The number of halogens is 7. The molecule has 224 valence electrons. The van der Waals surface area contributed by atoms with E-state index in [9.17, 15) is 50.2 Å². The van der Waals surface area contributed by atoms with E-state index < -0.39 is 81.0 Å². The summed E-state index contributed by atoms with van der Waals surface area (Å²) in [6.07, 6.45) is -5.50. The van der Waals surface area contributed by atoms with Gasteiger partial charge in [0.05, 0.1) is 16.6 Å². The van der Waals surface area contributed by atoms with E-state index in [-0.39, 0.29) is 24.4 Å². The van der Waals surface area contributed by atoms with Crippen LogP contribution in [0.15, 0.2) is 59.5 Å². The highest BCUT2D eigenvalue weighted by atomic mass is 19.4. The molecule has 8 nitrogen and oxygen atoms in total. The van der Waals surface area contributed by atoms with Gasteiger partial charge < -0.3 is 10.4 Å². The lowest BCUT2D eigenvalue weighted by atomic mass is 10.0. The summed E-state index contributed by atoms with van der Waals surface area (Å²) in [4.78, 5) is 44.4. The molecule has 5 rings (SSSR count). The number of carbonyl (C=O) groups is 2. The van der Waals surface area contributed by atoms with Gasteiger partial charge in [-0.15, -0.1) is 0 Å². The summed E-state index contributed by atoms with van der Waals surface area (Å²) in [5.41, 5.74) is -4.56. The number of hydrogen-bond acceptors (Lipinski definition) is 5. The van der Waals surface area contributed by atoms with Crippen molar-refractivity contribution in [2.75, 3.05) is 11.4 Å². The van der Waals surface area contributed by atoms with E-state index in [1.54, 1.807) is 0 Å². The standard InChI is InChI=1S/C28H19F7N4O4/c29-13-6-8-19(18(32)11-13)39-12-15(26(42)37-24(28(33,34)35)22-16(30)3-1-4-17(22)31)23(41)14-7-9-21(36-25(14)39)38-10-2-5-20(40)27(38)43/h1,3-4,6-9,11-12,20,24,40H,2,5,10H2,(H,37,42). The van der Waals surface area contributed by atoms with Gasteiger partial charge in [0.1, 0.15) is 40.8 Å². The van der Waals surface area contributed by atoms with E-state index >= 15 is 0 Å². The predicted octanol–water partition coefficient (Wildman–Crippen LogP) is 4.46. The number of nitrogens with one attached hydrogen (secondary N) is 1. The number of anilines is 1. The van der Waals surface area contributed by atoms with Gasteiger partial charge in [0.2, 0.25) is 5.43 Å². The molecular formula is C28H19F7N4O4. The maximum Gasteiger partial charge on any atom is 0.413 e. The number of pyridine rings is 2. The maximum atomic E-state index is 14.9. The maximum absolute atomic E-state index is 14.9. The Morgan fingerprint density at radius 2 is 1.70 bits per heavy atom. The molecule has 0 bridgehead atoms. The van der Waals surface area contributed by atoms with Gasteiger partial charge in [-0.05, 0) is 49.2 Å². The predicted molar refractivity (Wildman–Crippen MR) is 137 cm³/mol. The number of aromatic nitrogens is 2. The highest BCUT2D eigenvalue weighted by Gasteiger charge is 2.45. The Labute approximate surface area is 237 Å². The highest BCUT2D eigenvalue weighted by Crippen LogP contribution is 2.36. The Bertz CT molecular complexity index is 1810. The molecule has 15 heteroatoms. The second-order valence-corrected chi connectivity index (χ2v) is 9.61. The molecule has 2 amide bonds. The highest BCUT2D eigenvalue weighted by molar-refractivity contribution is 5.99.